The predicted molar refractivity (Wildman–Crippen MR) is 212 cm³/mol. The third-order valence-electron chi connectivity index (χ3n) is 11.4. The Bertz CT molecular complexity index is 2390. The van der Waals surface area contributed by atoms with Gasteiger partial charge in [-0.05, 0) is 81.8 Å². The number of nitrogens with one attached hydrogen (secondary N) is 3. The van der Waals surface area contributed by atoms with Crippen molar-refractivity contribution in [1.82, 2.24) is 25.2 Å². The van der Waals surface area contributed by atoms with Crippen LogP contribution in [0.25, 0.3) is 33.3 Å². The molecule has 2 saturated carbocycles. The minimum atomic E-state index is -3.90. The maximum atomic E-state index is 14.5. The Labute approximate surface area is 330 Å². The summed E-state index contributed by atoms with van der Waals surface area (Å²) in [5, 5.41) is 5.87. The van der Waals surface area contributed by atoms with E-state index < -0.39 is 62.6 Å². The second-order valence-corrected chi connectivity index (χ2v) is 17.7. The van der Waals surface area contributed by atoms with E-state index in [-0.39, 0.29) is 25.3 Å². The van der Waals surface area contributed by atoms with E-state index in [0.717, 1.165) is 29.4 Å². The molecule has 300 valence electrons. The number of sulfonamides is 1. The van der Waals surface area contributed by atoms with Crippen molar-refractivity contribution in [1.29, 1.82) is 0 Å². The van der Waals surface area contributed by atoms with E-state index in [0.29, 0.717) is 66.0 Å². The molecule has 2 aromatic carbocycles. The second kappa shape index (κ2) is 15.1. The Morgan fingerprint density at radius 3 is 2.56 bits per heavy atom. The molecule has 0 radical (unpaired) electrons. The third kappa shape index (κ3) is 7.81. The molecule has 2 aliphatic heterocycles. The molecule has 8 rings (SSSR count). The smallest absolute Gasteiger partial charge is 0.259 e. The van der Waals surface area contributed by atoms with E-state index in [1.165, 1.54) is 11.8 Å². The Kier molecular flexibility index (Phi) is 10.2. The number of aromatic nitrogens is 1. The minimum absolute atomic E-state index is 0.00733. The maximum absolute atomic E-state index is 14.5. The van der Waals surface area contributed by atoms with Crippen LogP contribution in [0, 0.1) is 12.8 Å². The van der Waals surface area contributed by atoms with Crippen molar-refractivity contribution < 1.29 is 41.5 Å². The number of benzene rings is 2. The van der Waals surface area contributed by atoms with Crippen LogP contribution in [0.15, 0.2) is 65.1 Å². The lowest BCUT2D eigenvalue weighted by molar-refractivity contribution is -0.142. The largest absolute Gasteiger partial charge is 0.497 e. The first kappa shape index (κ1) is 38.4. The number of nitrogens with zero attached hydrogens (tertiary/aromatic N) is 2. The van der Waals surface area contributed by atoms with Gasteiger partial charge in [-0.1, -0.05) is 36.6 Å². The zero-order valence-electron chi connectivity index (χ0n) is 32.2. The van der Waals surface area contributed by atoms with E-state index in [1.807, 2.05) is 61.5 Å². The first-order valence-electron chi connectivity index (χ1n) is 19.6. The van der Waals surface area contributed by atoms with Crippen molar-refractivity contribution in [2.75, 3.05) is 13.7 Å². The molecule has 1 saturated heterocycles. The molecule has 57 heavy (non-hydrogen) atoms. The van der Waals surface area contributed by atoms with E-state index >= 15 is 0 Å². The fraction of sp³-hybridized carbons (Fsp3) is 0.452. The van der Waals surface area contributed by atoms with Gasteiger partial charge in [0.2, 0.25) is 27.7 Å². The number of carbonyl (C=O) groups excluding carboxylic acids is 4. The van der Waals surface area contributed by atoms with Crippen LogP contribution in [0.1, 0.15) is 70.3 Å². The van der Waals surface area contributed by atoms with Gasteiger partial charge in [-0.2, -0.15) is 0 Å². The number of ether oxygens (including phenoxy) is 2. The normalized spacial score (nSPS) is 26.1. The first-order chi connectivity index (χ1) is 27.3. The van der Waals surface area contributed by atoms with Crippen molar-refractivity contribution in [2.24, 2.45) is 5.92 Å². The summed E-state index contributed by atoms with van der Waals surface area (Å²) in [6.07, 6.45) is 7.67. The van der Waals surface area contributed by atoms with Crippen molar-refractivity contribution in [3.8, 4) is 22.8 Å². The molecular formula is C42H47N5O9S. The number of pyridine rings is 1. The molecule has 4 amide bonds. The Morgan fingerprint density at radius 1 is 1.04 bits per heavy atom. The van der Waals surface area contributed by atoms with Crippen LogP contribution in [0.4, 0.5) is 0 Å². The van der Waals surface area contributed by atoms with Gasteiger partial charge in [0.25, 0.3) is 5.91 Å². The number of fused-ring (bicyclic) bond motifs is 5. The van der Waals surface area contributed by atoms with Gasteiger partial charge in [0, 0.05) is 36.3 Å². The van der Waals surface area contributed by atoms with Gasteiger partial charge >= 0.3 is 0 Å². The summed E-state index contributed by atoms with van der Waals surface area (Å²) in [6.45, 7) is 3.33. The monoisotopic (exact) mass is 797 g/mol. The summed E-state index contributed by atoms with van der Waals surface area (Å²) >= 11 is 0. The summed E-state index contributed by atoms with van der Waals surface area (Å²) in [6, 6.07) is 13.1. The van der Waals surface area contributed by atoms with Crippen LogP contribution in [0.2, 0.25) is 0 Å². The quantitative estimate of drug-likeness (QED) is 0.209. The molecule has 15 heteroatoms. The van der Waals surface area contributed by atoms with E-state index in [1.54, 1.807) is 13.2 Å². The highest BCUT2D eigenvalue weighted by molar-refractivity contribution is 7.91. The zero-order valence-corrected chi connectivity index (χ0v) is 33.0. The molecule has 2 aliphatic carbocycles. The SMILES string of the molecule is COc1ccc(-c2cc(O[C@@H]3C[C@H]4C(=O)N[C@]5(C(=O)NS(=O)(=O)C6CC6)C[C@H]5/C=C\CCCCC[C@H](NC(C)=O)C(=O)N4C3)c3oc4ccc(C)cc4c3n2)cc1. The lowest BCUT2D eigenvalue weighted by Crippen LogP contribution is -2.58. The topological polar surface area (TPSA) is 186 Å². The fourth-order valence-corrected chi connectivity index (χ4v) is 9.45. The van der Waals surface area contributed by atoms with Gasteiger partial charge in [0.1, 0.15) is 40.6 Å². The van der Waals surface area contributed by atoms with Crippen LogP contribution < -0.4 is 24.8 Å². The Morgan fingerprint density at radius 2 is 1.82 bits per heavy atom. The summed E-state index contributed by atoms with van der Waals surface area (Å²) in [7, 11) is -2.30. The van der Waals surface area contributed by atoms with E-state index in [9.17, 15) is 27.6 Å². The highest BCUT2D eigenvalue weighted by atomic mass is 32.2. The number of furan rings is 1. The summed E-state index contributed by atoms with van der Waals surface area (Å²) in [5.74, 6) is -1.58. The minimum Gasteiger partial charge on any atom is -0.497 e. The number of rotatable bonds is 8. The molecule has 3 fully saturated rings. The van der Waals surface area contributed by atoms with Gasteiger partial charge < -0.3 is 29.4 Å². The molecule has 14 nitrogen and oxygen atoms in total. The molecule has 4 heterocycles. The van der Waals surface area contributed by atoms with Crippen LogP contribution in [-0.4, -0.2) is 84.6 Å². The molecule has 4 aliphatic rings. The van der Waals surface area contributed by atoms with Crippen LogP contribution in [-0.2, 0) is 29.2 Å². The predicted octanol–water partition coefficient (Wildman–Crippen LogP) is 4.82. The molecule has 4 aromatic rings. The van der Waals surface area contributed by atoms with E-state index in [2.05, 4.69) is 15.4 Å². The van der Waals surface area contributed by atoms with Gasteiger partial charge in [-0.15, -0.1) is 0 Å². The second-order valence-electron chi connectivity index (χ2n) is 15.8. The average Bonchev–Trinajstić information content (AvgIpc) is 4.09. The molecule has 0 bridgehead atoms. The number of hydrogen-bond donors (Lipinski definition) is 3. The van der Waals surface area contributed by atoms with Crippen molar-refractivity contribution in [3.05, 3.63) is 66.2 Å². The molecular weight excluding hydrogens is 751 g/mol. The van der Waals surface area contributed by atoms with E-state index in [4.69, 9.17) is 18.9 Å². The Hall–Kier alpha value is -5.44. The van der Waals surface area contributed by atoms with Gasteiger partial charge in [0.05, 0.1) is 24.6 Å². The third-order valence-corrected chi connectivity index (χ3v) is 13.3. The van der Waals surface area contributed by atoms with Crippen LogP contribution in [0.5, 0.6) is 11.5 Å². The Balaban J connectivity index is 1.15. The number of carbonyl (C=O) groups is 4. The highest BCUT2D eigenvalue weighted by Crippen LogP contribution is 2.46. The van der Waals surface area contributed by atoms with Crippen LogP contribution in [0.3, 0.4) is 0 Å². The standard InChI is InChI=1S/C42H47N5O9S/c1-24-11-18-35-31(19-24)37-38(56-35)36(21-33(44-37)26-12-14-28(54-3)15-13-26)55-29-20-34-39(49)45-42(41(51)46-57(52,53)30-16-17-30)22-27(42)9-7-5-4-6-8-10-32(43-25(2)48)40(50)47(34)23-29/h7,9,11-15,18-19,21,27,29-30,32,34H,4-6,8,10,16-17,20,22-23H2,1-3H3,(H,43,48)(H,45,49)(H,46,51)/b9-7-/t27-,29-,32+,34+,42-/m1/s1. The zero-order chi connectivity index (χ0) is 40.1. The number of methoxy groups -OCH3 is 1. The average molecular weight is 798 g/mol. The highest BCUT2D eigenvalue weighted by Gasteiger charge is 2.62. The molecule has 0 spiro atoms. The van der Waals surface area contributed by atoms with Crippen molar-refractivity contribution >= 4 is 55.7 Å². The summed E-state index contributed by atoms with van der Waals surface area (Å²) in [5.41, 5.74) is 2.54. The van der Waals surface area contributed by atoms with Gasteiger partial charge in [0.15, 0.2) is 11.3 Å². The number of aryl methyl sites for hydroxylation is 1. The van der Waals surface area contributed by atoms with Gasteiger partial charge in [-0.3, -0.25) is 23.9 Å². The van der Waals surface area contributed by atoms with Gasteiger partial charge in [-0.25, -0.2) is 13.4 Å². The first-order valence-corrected chi connectivity index (χ1v) is 21.2. The van der Waals surface area contributed by atoms with Crippen molar-refractivity contribution in [2.45, 2.75) is 101 Å². The number of hydrogen-bond acceptors (Lipinski definition) is 10. The number of amides is 4. The summed E-state index contributed by atoms with van der Waals surface area (Å²) < 4.78 is 46.4. The van der Waals surface area contributed by atoms with Crippen LogP contribution >= 0.6 is 0 Å². The molecule has 5 atom stereocenters. The lowest BCUT2D eigenvalue weighted by Gasteiger charge is -2.29. The maximum Gasteiger partial charge on any atom is 0.259 e. The molecule has 2 aromatic heterocycles. The number of allylic oxidation sites excluding steroid dienone is 1. The van der Waals surface area contributed by atoms with Crippen molar-refractivity contribution in [3.63, 3.8) is 0 Å². The summed E-state index contributed by atoms with van der Waals surface area (Å²) in [4.78, 5) is 61.5. The lowest BCUT2D eigenvalue weighted by atomic mass is 10.0. The molecule has 0 unspecified atom stereocenters. The fourth-order valence-electron chi connectivity index (χ4n) is 8.09. The molecule has 3 N–H and O–H groups in total.